The predicted octanol–water partition coefficient (Wildman–Crippen LogP) is 3.86. The Morgan fingerprint density at radius 2 is 1.88 bits per heavy atom. The van der Waals surface area contributed by atoms with Gasteiger partial charge in [0.25, 0.3) is 5.69 Å². The van der Waals surface area contributed by atoms with Gasteiger partial charge in [-0.05, 0) is 29.8 Å². The SMILES string of the molecule is O=C(O)c1ccc(/C=N/Nc2nc(-c3ccc([N+](=O)[O-])cc3)cs2)cc1. The number of thiazole rings is 1. The van der Waals surface area contributed by atoms with Crippen molar-refractivity contribution in [3.8, 4) is 11.3 Å². The van der Waals surface area contributed by atoms with E-state index < -0.39 is 10.9 Å². The highest BCUT2D eigenvalue weighted by atomic mass is 32.1. The van der Waals surface area contributed by atoms with Gasteiger partial charge < -0.3 is 5.11 Å². The summed E-state index contributed by atoms with van der Waals surface area (Å²) in [7, 11) is 0. The number of nitro benzene ring substituents is 1. The van der Waals surface area contributed by atoms with Crippen LogP contribution in [0.3, 0.4) is 0 Å². The molecule has 1 heterocycles. The molecule has 1 aromatic heterocycles. The van der Waals surface area contributed by atoms with E-state index in [4.69, 9.17) is 5.11 Å². The molecule has 0 saturated carbocycles. The molecule has 130 valence electrons. The summed E-state index contributed by atoms with van der Waals surface area (Å²) in [6.45, 7) is 0. The lowest BCUT2D eigenvalue weighted by Crippen LogP contribution is -1.96. The predicted molar refractivity (Wildman–Crippen MR) is 98.8 cm³/mol. The molecular weight excluding hydrogens is 356 g/mol. The molecule has 0 spiro atoms. The van der Waals surface area contributed by atoms with Crippen LogP contribution in [0, 0.1) is 10.1 Å². The Morgan fingerprint density at radius 3 is 2.50 bits per heavy atom. The second-order valence-corrected chi connectivity index (χ2v) is 6.00. The molecule has 26 heavy (non-hydrogen) atoms. The Balaban J connectivity index is 1.64. The molecule has 0 unspecified atom stereocenters. The first-order chi connectivity index (χ1) is 12.5. The molecule has 0 radical (unpaired) electrons. The molecule has 0 aliphatic carbocycles. The highest BCUT2D eigenvalue weighted by Crippen LogP contribution is 2.26. The summed E-state index contributed by atoms with van der Waals surface area (Å²) in [4.78, 5) is 25.4. The van der Waals surface area contributed by atoms with Crippen molar-refractivity contribution in [2.24, 2.45) is 5.10 Å². The number of nitro groups is 1. The summed E-state index contributed by atoms with van der Waals surface area (Å²) in [5, 5.41) is 26.0. The van der Waals surface area contributed by atoms with Crippen LogP contribution in [0.1, 0.15) is 15.9 Å². The van der Waals surface area contributed by atoms with Crippen molar-refractivity contribution in [3.05, 3.63) is 75.2 Å². The van der Waals surface area contributed by atoms with E-state index in [1.54, 1.807) is 30.5 Å². The summed E-state index contributed by atoms with van der Waals surface area (Å²) in [6, 6.07) is 12.5. The van der Waals surface area contributed by atoms with E-state index in [2.05, 4.69) is 15.5 Å². The standard InChI is InChI=1S/C17H12N4O4S/c22-16(23)13-3-1-11(2-4-13)9-18-20-17-19-15(10-26-17)12-5-7-14(8-6-12)21(24)25/h1-10H,(H,19,20)(H,22,23)/b18-9+. The van der Waals surface area contributed by atoms with E-state index >= 15 is 0 Å². The van der Waals surface area contributed by atoms with Crippen molar-refractivity contribution in [2.75, 3.05) is 5.43 Å². The lowest BCUT2D eigenvalue weighted by atomic mass is 10.1. The maximum Gasteiger partial charge on any atom is 0.335 e. The van der Waals surface area contributed by atoms with Crippen molar-refractivity contribution in [2.45, 2.75) is 0 Å². The van der Waals surface area contributed by atoms with Gasteiger partial charge in [-0.1, -0.05) is 12.1 Å². The van der Waals surface area contributed by atoms with Crippen molar-refractivity contribution in [1.29, 1.82) is 0 Å². The lowest BCUT2D eigenvalue weighted by molar-refractivity contribution is -0.384. The van der Waals surface area contributed by atoms with Gasteiger partial charge in [0.15, 0.2) is 0 Å². The van der Waals surface area contributed by atoms with Crippen molar-refractivity contribution < 1.29 is 14.8 Å². The minimum atomic E-state index is -0.979. The fraction of sp³-hybridized carbons (Fsp3) is 0. The average molecular weight is 368 g/mol. The van der Waals surface area contributed by atoms with E-state index in [-0.39, 0.29) is 11.3 Å². The van der Waals surface area contributed by atoms with Gasteiger partial charge in [0.1, 0.15) is 0 Å². The lowest BCUT2D eigenvalue weighted by Gasteiger charge is -1.97. The van der Waals surface area contributed by atoms with Crippen molar-refractivity contribution >= 4 is 34.3 Å². The topological polar surface area (TPSA) is 118 Å². The zero-order valence-electron chi connectivity index (χ0n) is 13.2. The van der Waals surface area contributed by atoms with Crippen LogP contribution in [0.25, 0.3) is 11.3 Å². The number of anilines is 1. The first-order valence-electron chi connectivity index (χ1n) is 7.36. The van der Waals surface area contributed by atoms with Crippen LogP contribution < -0.4 is 5.43 Å². The van der Waals surface area contributed by atoms with Crippen molar-refractivity contribution in [3.63, 3.8) is 0 Å². The number of carbonyl (C=O) groups is 1. The molecule has 0 aliphatic rings. The Bertz CT molecular complexity index is 965. The summed E-state index contributed by atoms with van der Waals surface area (Å²) < 4.78 is 0. The van der Waals surface area contributed by atoms with E-state index in [1.165, 1.54) is 35.6 Å². The van der Waals surface area contributed by atoms with E-state index in [0.717, 1.165) is 11.1 Å². The Hall–Kier alpha value is -3.59. The fourth-order valence-corrected chi connectivity index (χ4v) is 2.75. The first-order valence-corrected chi connectivity index (χ1v) is 8.24. The summed E-state index contributed by atoms with van der Waals surface area (Å²) >= 11 is 1.35. The Morgan fingerprint density at radius 1 is 1.19 bits per heavy atom. The normalized spacial score (nSPS) is 10.8. The van der Waals surface area contributed by atoms with Gasteiger partial charge in [-0.3, -0.25) is 15.5 Å². The molecule has 2 aromatic carbocycles. The number of non-ortho nitro benzene ring substituents is 1. The van der Waals surface area contributed by atoms with Gasteiger partial charge in [0.05, 0.1) is 22.4 Å². The number of benzene rings is 2. The fourth-order valence-electron chi connectivity index (χ4n) is 2.09. The number of nitrogens with one attached hydrogen (secondary N) is 1. The van der Waals surface area contributed by atoms with Crippen LogP contribution in [0.15, 0.2) is 59.0 Å². The smallest absolute Gasteiger partial charge is 0.335 e. The molecule has 3 aromatic rings. The van der Waals surface area contributed by atoms with E-state index in [0.29, 0.717) is 10.8 Å². The third-order valence-electron chi connectivity index (χ3n) is 3.41. The minimum Gasteiger partial charge on any atom is -0.478 e. The Kier molecular flexibility index (Phi) is 4.99. The molecule has 9 heteroatoms. The summed E-state index contributed by atoms with van der Waals surface area (Å²) in [5.74, 6) is -0.979. The highest BCUT2D eigenvalue weighted by Gasteiger charge is 2.08. The van der Waals surface area contributed by atoms with Crippen LogP contribution in [-0.2, 0) is 0 Å². The highest BCUT2D eigenvalue weighted by molar-refractivity contribution is 7.14. The van der Waals surface area contributed by atoms with Crippen LogP contribution in [0.5, 0.6) is 0 Å². The maximum absolute atomic E-state index is 10.8. The van der Waals surface area contributed by atoms with Crippen LogP contribution in [0.2, 0.25) is 0 Å². The maximum atomic E-state index is 10.8. The van der Waals surface area contributed by atoms with Gasteiger partial charge in [0, 0.05) is 23.1 Å². The number of aromatic nitrogens is 1. The van der Waals surface area contributed by atoms with Crippen molar-refractivity contribution in [1.82, 2.24) is 4.98 Å². The molecule has 3 rings (SSSR count). The average Bonchev–Trinajstić information content (AvgIpc) is 3.11. The zero-order chi connectivity index (χ0) is 18.5. The molecule has 0 saturated heterocycles. The number of aromatic carboxylic acids is 1. The number of hydrazone groups is 1. The third-order valence-corrected chi connectivity index (χ3v) is 4.16. The Labute approximate surface area is 151 Å². The van der Waals surface area contributed by atoms with Gasteiger partial charge in [-0.15, -0.1) is 11.3 Å². The second-order valence-electron chi connectivity index (χ2n) is 5.14. The number of carboxylic acids is 1. The molecule has 8 nitrogen and oxygen atoms in total. The summed E-state index contributed by atoms with van der Waals surface area (Å²) in [6.07, 6.45) is 1.55. The number of hydrogen-bond donors (Lipinski definition) is 2. The molecule has 0 aliphatic heterocycles. The molecule has 0 fully saturated rings. The van der Waals surface area contributed by atoms with Crippen LogP contribution >= 0.6 is 11.3 Å². The number of hydrogen-bond acceptors (Lipinski definition) is 7. The second kappa shape index (κ2) is 7.53. The van der Waals surface area contributed by atoms with E-state index in [1.807, 2.05) is 5.38 Å². The van der Waals surface area contributed by atoms with Crippen LogP contribution in [-0.4, -0.2) is 27.2 Å². The summed E-state index contributed by atoms with van der Waals surface area (Å²) in [5.41, 5.74) is 5.25. The number of carboxylic acid groups (broad SMARTS) is 1. The largest absolute Gasteiger partial charge is 0.478 e. The van der Waals surface area contributed by atoms with Gasteiger partial charge >= 0.3 is 5.97 Å². The first kappa shape index (κ1) is 17.2. The number of nitrogens with zero attached hydrogens (tertiary/aromatic N) is 3. The number of rotatable bonds is 6. The quantitative estimate of drug-likeness (QED) is 0.387. The monoisotopic (exact) mass is 368 g/mol. The zero-order valence-corrected chi connectivity index (χ0v) is 14.0. The third kappa shape index (κ3) is 4.08. The molecule has 0 atom stereocenters. The molecular formula is C17H12N4O4S. The molecule has 0 bridgehead atoms. The van der Waals surface area contributed by atoms with Gasteiger partial charge in [-0.25, -0.2) is 9.78 Å². The minimum absolute atomic E-state index is 0.0286. The van der Waals surface area contributed by atoms with Gasteiger partial charge in [-0.2, -0.15) is 5.10 Å². The molecule has 0 amide bonds. The van der Waals surface area contributed by atoms with E-state index in [9.17, 15) is 14.9 Å². The van der Waals surface area contributed by atoms with Crippen LogP contribution in [0.4, 0.5) is 10.8 Å². The molecule has 2 N–H and O–H groups in total. The van der Waals surface area contributed by atoms with Gasteiger partial charge in [0.2, 0.25) is 5.13 Å².